The minimum absolute atomic E-state index is 0.271. The zero-order valence-corrected chi connectivity index (χ0v) is 10.9. The van der Waals surface area contributed by atoms with E-state index in [4.69, 9.17) is 4.74 Å². The van der Waals surface area contributed by atoms with Crippen molar-refractivity contribution >= 4 is 5.97 Å². The maximum absolute atomic E-state index is 11.6. The summed E-state index contributed by atoms with van der Waals surface area (Å²) in [4.78, 5) is 11.6. The Morgan fingerprint density at radius 1 is 1.47 bits per heavy atom. The molecule has 1 fully saturated rings. The number of esters is 1. The van der Waals surface area contributed by atoms with Gasteiger partial charge in [-0.05, 0) is 48.1 Å². The third kappa shape index (κ3) is 2.52. The van der Waals surface area contributed by atoms with Gasteiger partial charge in [-0.15, -0.1) is 0 Å². The molecule has 4 heteroatoms. The average Bonchev–Trinajstić information content (AvgIpc) is 3.16. The van der Waals surface area contributed by atoms with E-state index < -0.39 is 0 Å². The summed E-state index contributed by atoms with van der Waals surface area (Å²) in [6.45, 7) is 0.750. The Kier molecular flexibility index (Phi) is 3.07. The minimum atomic E-state index is -0.271. The fraction of sp³-hybridized carbons (Fsp3) is 0.333. The van der Waals surface area contributed by atoms with Gasteiger partial charge in [0.25, 0.3) is 0 Å². The molecule has 1 aliphatic rings. The summed E-state index contributed by atoms with van der Waals surface area (Å²) < 4.78 is 6.68. The van der Waals surface area contributed by atoms with E-state index >= 15 is 0 Å². The summed E-state index contributed by atoms with van der Waals surface area (Å²) in [5.74, 6) is 0.322. The lowest BCUT2D eigenvalue weighted by Crippen LogP contribution is -2.06. The third-order valence-corrected chi connectivity index (χ3v) is 3.48. The van der Waals surface area contributed by atoms with E-state index in [1.807, 2.05) is 35.1 Å². The van der Waals surface area contributed by atoms with Crippen LogP contribution in [0.4, 0.5) is 0 Å². The summed E-state index contributed by atoms with van der Waals surface area (Å²) in [7, 11) is 1.41. The highest BCUT2D eigenvalue weighted by Crippen LogP contribution is 2.42. The molecule has 0 aliphatic heterocycles. The van der Waals surface area contributed by atoms with Crippen molar-refractivity contribution in [1.82, 2.24) is 9.78 Å². The van der Waals surface area contributed by atoms with E-state index in [-0.39, 0.29) is 5.97 Å². The molecule has 1 heterocycles. The number of methoxy groups -OCH3 is 1. The molecule has 0 spiro atoms. The van der Waals surface area contributed by atoms with Crippen molar-refractivity contribution in [3.05, 3.63) is 53.3 Å². The Morgan fingerprint density at radius 2 is 2.32 bits per heavy atom. The number of benzene rings is 1. The maximum Gasteiger partial charge on any atom is 0.337 e. The molecule has 4 nitrogen and oxygen atoms in total. The first-order chi connectivity index (χ1) is 9.28. The van der Waals surface area contributed by atoms with Crippen molar-refractivity contribution in [3.63, 3.8) is 0 Å². The van der Waals surface area contributed by atoms with E-state index in [0.29, 0.717) is 11.5 Å². The highest BCUT2D eigenvalue weighted by molar-refractivity contribution is 5.89. The van der Waals surface area contributed by atoms with Crippen LogP contribution < -0.4 is 0 Å². The van der Waals surface area contributed by atoms with Gasteiger partial charge in [0.1, 0.15) is 0 Å². The van der Waals surface area contributed by atoms with Gasteiger partial charge in [-0.2, -0.15) is 5.10 Å². The molecular weight excluding hydrogens is 240 g/mol. The van der Waals surface area contributed by atoms with Crippen LogP contribution in [0.5, 0.6) is 0 Å². The van der Waals surface area contributed by atoms with Gasteiger partial charge >= 0.3 is 5.97 Å². The van der Waals surface area contributed by atoms with Crippen LogP contribution in [-0.2, 0) is 11.3 Å². The largest absolute Gasteiger partial charge is 0.465 e. The Labute approximate surface area is 112 Å². The lowest BCUT2D eigenvalue weighted by atomic mass is 10.00. The van der Waals surface area contributed by atoms with Gasteiger partial charge in [0, 0.05) is 12.4 Å². The predicted octanol–water partition coefficient (Wildman–Crippen LogP) is 2.60. The number of aromatic nitrogens is 2. The fourth-order valence-electron chi connectivity index (χ4n) is 2.33. The molecule has 0 amide bonds. The highest BCUT2D eigenvalue weighted by atomic mass is 16.5. The van der Waals surface area contributed by atoms with Crippen molar-refractivity contribution in [2.75, 3.05) is 7.11 Å². The molecular formula is C15H16N2O2. The van der Waals surface area contributed by atoms with E-state index in [9.17, 15) is 4.79 Å². The normalized spacial score (nSPS) is 14.4. The van der Waals surface area contributed by atoms with Crippen molar-refractivity contribution in [2.45, 2.75) is 25.3 Å². The van der Waals surface area contributed by atoms with Crippen molar-refractivity contribution < 1.29 is 9.53 Å². The smallest absolute Gasteiger partial charge is 0.337 e. The maximum atomic E-state index is 11.6. The van der Waals surface area contributed by atoms with E-state index in [2.05, 4.69) is 5.10 Å². The summed E-state index contributed by atoms with van der Waals surface area (Å²) in [5, 5.41) is 4.23. The van der Waals surface area contributed by atoms with Gasteiger partial charge < -0.3 is 4.74 Å². The van der Waals surface area contributed by atoms with Gasteiger partial charge in [0.2, 0.25) is 0 Å². The first-order valence-electron chi connectivity index (χ1n) is 6.46. The van der Waals surface area contributed by atoms with Crippen LogP contribution in [0.15, 0.2) is 36.7 Å². The van der Waals surface area contributed by atoms with E-state index in [0.717, 1.165) is 6.54 Å². The number of rotatable bonds is 4. The second kappa shape index (κ2) is 4.88. The average molecular weight is 256 g/mol. The van der Waals surface area contributed by atoms with Gasteiger partial charge in [0.05, 0.1) is 19.2 Å². The zero-order chi connectivity index (χ0) is 13.2. The van der Waals surface area contributed by atoms with Crippen LogP contribution in [0, 0.1) is 0 Å². The lowest BCUT2D eigenvalue weighted by Gasteiger charge is -2.11. The zero-order valence-electron chi connectivity index (χ0n) is 10.9. The Bertz CT molecular complexity index is 586. The SMILES string of the molecule is COC(=O)c1ccc(Cn2cccn2)c(C2CC2)c1. The van der Waals surface area contributed by atoms with Gasteiger partial charge in [-0.1, -0.05) is 6.07 Å². The van der Waals surface area contributed by atoms with Crippen LogP contribution in [0.2, 0.25) is 0 Å². The number of carbonyl (C=O) groups is 1. The molecule has 3 rings (SSSR count). The molecule has 98 valence electrons. The molecule has 1 saturated carbocycles. The molecule has 0 saturated heterocycles. The monoisotopic (exact) mass is 256 g/mol. The van der Waals surface area contributed by atoms with Crippen molar-refractivity contribution in [2.24, 2.45) is 0 Å². The second-order valence-electron chi connectivity index (χ2n) is 4.88. The number of carbonyl (C=O) groups excluding carboxylic acids is 1. The topological polar surface area (TPSA) is 44.1 Å². The highest BCUT2D eigenvalue weighted by Gasteiger charge is 2.27. The van der Waals surface area contributed by atoms with Gasteiger partial charge in [0.15, 0.2) is 0 Å². The molecule has 0 bridgehead atoms. The van der Waals surface area contributed by atoms with Gasteiger partial charge in [-0.3, -0.25) is 4.68 Å². The van der Waals surface area contributed by atoms with Crippen LogP contribution in [0.3, 0.4) is 0 Å². The lowest BCUT2D eigenvalue weighted by molar-refractivity contribution is 0.0600. The standard InChI is InChI=1S/C15H16N2O2/c1-19-15(18)12-5-6-13(10-17-8-2-7-16-17)14(9-12)11-3-4-11/h2,5-9,11H,3-4,10H2,1H3. The van der Waals surface area contributed by atoms with Crippen LogP contribution in [0.25, 0.3) is 0 Å². The van der Waals surface area contributed by atoms with E-state index in [1.165, 1.54) is 31.1 Å². The summed E-state index contributed by atoms with van der Waals surface area (Å²) in [5.41, 5.74) is 3.13. The van der Waals surface area contributed by atoms with Gasteiger partial charge in [-0.25, -0.2) is 4.79 Å². The quantitative estimate of drug-likeness (QED) is 0.790. The van der Waals surface area contributed by atoms with Crippen LogP contribution in [-0.4, -0.2) is 22.9 Å². The van der Waals surface area contributed by atoms with Crippen molar-refractivity contribution in [1.29, 1.82) is 0 Å². The predicted molar refractivity (Wildman–Crippen MR) is 71.1 cm³/mol. The molecule has 19 heavy (non-hydrogen) atoms. The number of hydrogen-bond donors (Lipinski definition) is 0. The summed E-state index contributed by atoms with van der Waals surface area (Å²) >= 11 is 0. The molecule has 2 aromatic rings. The molecule has 1 aliphatic carbocycles. The molecule has 1 aromatic carbocycles. The first kappa shape index (κ1) is 12.0. The summed E-state index contributed by atoms with van der Waals surface area (Å²) in [6.07, 6.45) is 6.14. The molecule has 1 aromatic heterocycles. The van der Waals surface area contributed by atoms with E-state index in [1.54, 1.807) is 6.20 Å². The number of ether oxygens (including phenoxy) is 1. The summed E-state index contributed by atoms with van der Waals surface area (Å²) in [6, 6.07) is 7.74. The van der Waals surface area contributed by atoms with Crippen LogP contribution >= 0.6 is 0 Å². The Hall–Kier alpha value is -2.10. The number of nitrogens with zero attached hydrogens (tertiary/aromatic N) is 2. The third-order valence-electron chi connectivity index (χ3n) is 3.48. The van der Waals surface area contributed by atoms with Crippen molar-refractivity contribution in [3.8, 4) is 0 Å². The minimum Gasteiger partial charge on any atom is -0.465 e. The molecule has 0 unspecified atom stereocenters. The Balaban J connectivity index is 1.93. The molecule has 0 N–H and O–H groups in total. The fourth-order valence-corrected chi connectivity index (χ4v) is 2.33. The first-order valence-corrected chi connectivity index (χ1v) is 6.46. The molecule has 0 atom stereocenters. The van der Waals surface area contributed by atoms with Crippen LogP contribution in [0.1, 0.15) is 40.2 Å². The second-order valence-corrected chi connectivity index (χ2v) is 4.88. The number of hydrogen-bond acceptors (Lipinski definition) is 3. The molecule has 0 radical (unpaired) electrons. The Morgan fingerprint density at radius 3 is 2.95 bits per heavy atom.